The Labute approximate surface area is 117 Å². The smallest absolute Gasteiger partial charge is 0.402 e. The number of fused-ring (bicyclic) bond motifs is 1. The highest BCUT2D eigenvalue weighted by molar-refractivity contribution is 7.87. The zero-order valence-electron chi connectivity index (χ0n) is 10.4. The van der Waals surface area contributed by atoms with Gasteiger partial charge in [0, 0.05) is 6.42 Å². The summed E-state index contributed by atoms with van der Waals surface area (Å²) in [6.45, 7) is -2.16. The number of aliphatic carboxylic acids is 1. The van der Waals surface area contributed by atoms with E-state index >= 15 is 0 Å². The molecule has 1 atom stereocenters. The Kier molecular flexibility index (Phi) is 3.95. The van der Waals surface area contributed by atoms with Crippen molar-refractivity contribution in [1.29, 1.82) is 0 Å². The molecule has 0 bridgehead atoms. The first-order valence-corrected chi connectivity index (χ1v) is 7.11. The van der Waals surface area contributed by atoms with Gasteiger partial charge in [-0.25, -0.2) is 4.98 Å². The molecule has 1 aromatic heterocycles. The zero-order valence-corrected chi connectivity index (χ0v) is 11.2. The van der Waals surface area contributed by atoms with Crippen LogP contribution < -0.4 is 4.72 Å². The molecule has 0 saturated heterocycles. The first-order chi connectivity index (χ1) is 9.60. The van der Waals surface area contributed by atoms with Crippen LogP contribution in [0, 0.1) is 0 Å². The van der Waals surface area contributed by atoms with Gasteiger partial charge >= 0.3 is 12.1 Å². The van der Waals surface area contributed by atoms with Crippen molar-refractivity contribution in [2.75, 3.05) is 6.54 Å². The predicted molar refractivity (Wildman–Crippen MR) is 62.2 cm³/mol. The standard InChI is InChI=1S/C9H11F3N4O4S/c10-9(11,12)3-15-21(19,20)16-2-6-5(13-4-14-6)1-7(16)8(17)18/h4,7,15H,1-3H2,(H,13,14)(H,17,18). The maximum absolute atomic E-state index is 12.1. The average Bonchev–Trinajstić information content (AvgIpc) is 2.81. The summed E-state index contributed by atoms with van der Waals surface area (Å²) in [5.74, 6) is -1.46. The summed E-state index contributed by atoms with van der Waals surface area (Å²) in [6, 6.07) is -1.51. The molecule has 0 aromatic carbocycles. The number of carbonyl (C=O) groups is 1. The summed E-state index contributed by atoms with van der Waals surface area (Å²) < 4.78 is 62.0. The number of aromatic amines is 1. The second kappa shape index (κ2) is 5.27. The highest BCUT2D eigenvalue weighted by Gasteiger charge is 2.41. The van der Waals surface area contributed by atoms with Gasteiger partial charge in [0.05, 0.1) is 24.3 Å². The average molecular weight is 328 g/mol. The zero-order chi connectivity index (χ0) is 15.8. The van der Waals surface area contributed by atoms with E-state index in [0.717, 1.165) is 0 Å². The maximum atomic E-state index is 12.1. The van der Waals surface area contributed by atoms with Gasteiger partial charge in [0.2, 0.25) is 0 Å². The number of aromatic nitrogens is 2. The van der Waals surface area contributed by atoms with E-state index in [4.69, 9.17) is 5.11 Å². The third-order valence-electron chi connectivity index (χ3n) is 2.90. The van der Waals surface area contributed by atoms with Gasteiger partial charge < -0.3 is 10.1 Å². The SMILES string of the molecule is O=C(O)C1Cc2nc[nH]c2CN1S(=O)(=O)NCC(F)(F)F. The minimum Gasteiger partial charge on any atom is -0.480 e. The molecular formula is C9H11F3N4O4S. The number of H-pyrrole nitrogens is 1. The summed E-state index contributed by atoms with van der Waals surface area (Å²) in [7, 11) is -4.60. The number of imidazole rings is 1. The highest BCUT2D eigenvalue weighted by atomic mass is 32.2. The Morgan fingerprint density at radius 3 is 2.81 bits per heavy atom. The van der Waals surface area contributed by atoms with Crippen LogP contribution in [0.25, 0.3) is 0 Å². The molecule has 3 N–H and O–H groups in total. The summed E-state index contributed by atoms with van der Waals surface area (Å²) >= 11 is 0. The molecule has 1 aliphatic rings. The predicted octanol–water partition coefficient (Wildman–Crippen LogP) is -0.382. The van der Waals surface area contributed by atoms with Gasteiger partial charge in [-0.1, -0.05) is 0 Å². The van der Waals surface area contributed by atoms with Crippen molar-refractivity contribution in [3.8, 4) is 0 Å². The molecule has 0 spiro atoms. The van der Waals surface area contributed by atoms with Gasteiger partial charge in [-0.2, -0.15) is 30.6 Å². The number of carboxylic acid groups (broad SMARTS) is 1. The molecular weight excluding hydrogens is 317 g/mol. The van der Waals surface area contributed by atoms with Crippen molar-refractivity contribution in [2.45, 2.75) is 25.2 Å². The first-order valence-electron chi connectivity index (χ1n) is 5.67. The highest BCUT2D eigenvalue weighted by Crippen LogP contribution is 2.23. The van der Waals surface area contributed by atoms with Crippen LogP contribution in [-0.2, 0) is 28.0 Å². The minimum atomic E-state index is -4.74. The molecule has 0 saturated carbocycles. The fraction of sp³-hybridized carbons (Fsp3) is 0.556. The third-order valence-corrected chi connectivity index (χ3v) is 4.41. The number of carboxylic acids is 1. The normalized spacial score (nSPS) is 20.2. The van der Waals surface area contributed by atoms with Crippen molar-refractivity contribution < 1.29 is 31.5 Å². The Morgan fingerprint density at radius 1 is 1.57 bits per heavy atom. The number of hydrogen-bond acceptors (Lipinski definition) is 4. The summed E-state index contributed by atoms with van der Waals surface area (Å²) in [4.78, 5) is 17.6. The summed E-state index contributed by atoms with van der Waals surface area (Å²) in [5, 5.41) is 9.07. The van der Waals surface area contributed by atoms with E-state index in [9.17, 15) is 26.4 Å². The van der Waals surface area contributed by atoms with Crippen LogP contribution in [0.3, 0.4) is 0 Å². The molecule has 12 heteroatoms. The summed E-state index contributed by atoms with van der Waals surface area (Å²) in [5.41, 5.74) is 0.731. The lowest BCUT2D eigenvalue weighted by molar-refractivity contribution is -0.141. The maximum Gasteiger partial charge on any atom is 0.402 e. The Morgan fingerprint density at radius 2 is 2.24 bits per heavy atom. The number of nitrogens with zero attached hydrogens (tertiary/aromatic N) is 2. The molecule has 1 aliphatic heterocycles. The Hall–Kier alpha value is -1.66. The minimum absolute atomic E-state index is 0.221. The van der Waals surface area contributed by atoms with Crippen LogP contribution in [0.5, 0.6) is 0 Å². The molecule has 21 heavy (non-hydrogen) atoms. The van der Waals surface area contributed by atoms with Crippen LogP contribution in [-0.4, -0.2) is 52.5 Å². The van der Waals surface area contributed by atoms with Crippen molar-refractivity contribution >= 4 is 16.2 Å². The van der Waals surface area contributed by atoms with E-state index in [1.807, 2.05) is 0 Å². The molecule has 0 fully saturated rings. The van der Waals surface area contributed by atoms with Crippen LogP contribution in [0.2, 0.25) is 0 Å². The van der Waals surface area contributed by atoms with Crippen LogP contribution >= 0.6 is 0 Å². The van der Waals surface area contributed by atoms with Crippen molar-refractivity contribution in [1.82, 2.24) is 19.0 Å². The topological polar surface area (TPSA) is 115 Å². The van der Waals surface area contributed by atoms with E-state index in [2.05, 4.69) is 9.97 Å². The number of nitrogens with one attached hydrogen (secondary N) is 2. The summed E-state index contributed by atoms with van der Waals surface area (Å²) in [6.07, 6.45) is -3.69. The first kappa shape index (κ1) is 15.7. The molecule has 8 nitrogen and oxygen atoms in total. The van der Waals surface area contributed by atoms with Crippen molar-refractivity contribution in [3.05, 3.63) is 17.7 Å². The lowest BCUT2D eigenvalue weighted by Gasteiger charge is -2.31. The number of hydrogen-bond donors (Lipinski definition) is 3. The second-order valence-electron chi connectivity index (χ2n) is 4.37. The molecule has 2 rings (SSSR count). The molecule has 2 heterocycles. The van der Waals surface area contributed by atoms with Crippen LogP contribution in [0.4, 0.5) is 13.2 Å². The molecule has 0 amide bonds. The monoisotopic (exact) mass is 328 g/mol. The van der Waals surface area contributed by atoms with E-state index in [1.165, 1.54) is 11.0 Å². The van der Waals surface area contributed by atoms with Crippen LogP contribution in [0.15, 0.2) is 6.33 Å². The lowest BCUT2D eigenvalue weighted by atomic mass is 10.1. The van der Waals surface area contributed by atoms with E-state index in [1.54, 1.807) is 0 Å². The number of alkyl halides is 3. The fourth-order valence-electron chi connectivity index (χ4n) is 1.93. The lowest BCUT2D eigenvalue weighted by Crippen LogP contribution is -2.53. The van der Waals surface area contributed by atoms with Gasteiger partial charge in [-0.05, 0) is 0 Å². The van der Waals surface area contributed by atoms with Crippen LogP contribution in [0.1, 0.15) is 11.4 Å². The van der Waals surface area contributed by atoms with E-state index < -0.39 is 34.9 Å². The van der Waals surface area contributed by atoms with Gasteiger partial charge in [0.15, 0.2) is 0 Å². The van der Waals surface area contributed by atoms with Crippen molar-refractivity contribution in [3.63, 3.8) is 0 Å². The largest absolute Gasteiger partial charge is 0.480 e. The van der Waals surface area contributed by atoms with Gasteiger partial charge in [-0.3, -0.25) is 4.79 Å². The molecule has 118 valence electrons. The molecule has 0 aliphatic carbocycles. The van der Waals surface area contributed by atoms with Crippen molar-refractivity contribution in [2.24, 2.45) is 0 Å². The van der Waals surface area contributed by atoms with E-state index in [0.29, 0.717) is 15.7 Å². The Balaban J connectivity index is 2.25. The number of halogens is 3. The van der Waals surface area contributed by atoms with Gasteiger partial charge in [-0.15, -0.1) is 0 Å². The second-order valence-corrected chi connectivity index (χ2v) is 6.08. The number of rotatable bonds is 4. The van der Waals surface area contributed by atoms with Gasteiger partial charge in [0.1, 0.15) is 12.6 Å². The van der Waals surface area contributed by atoms with E-state index in [-0.39, 0.29) is 13.0 Å². The fourth-order valence-corrected chi connectivity index (χ4v) is 3.24. The molecule has 1 aromatic rings. The third kappa shape index (κ3) is 3.51. The molecule has 0 radical (unpaired) electrons. The molecule has 1 unspecified atom stereocenters. The Bertz CT molecular complexity index is 642. The van der Waals surface area contributed by atoms with Gasteiger partial charge in [0.25, 0.3) is 10.2 Å². The quantitative estimate of drug-likeness (QED) is 0.697.